The topological polar surface area (TPSA) is 89.3 Å². The van der Waals surface area contributed by atoms with E-state index in [-0.39, 0.29) is 10.6 Å². The van der Waals surface area contributed by atoms with Crippen LogP contribution in [0.25, 0.3) is 10.8 Å². The van der Waals surface area contributed by atoms with Crippen LogP contribution in [0.5, 0.6) is 0 Å². The lowest BCUT2D eigenvalue weighted by molar-refractivity contribution is -0.383. The number of hydrogen-bond acceptors (Lipinski definition) is 4. The van der Waals surface area contributed by atoms with E-state index in [4.69, 9.17) is 0 Å². The summed E-state index contributed by atoms with van der Waals surface area (Å²) in [5.74, 6) is 0. The average Bonchev–Trinajstić information content (AvgIpc) is 2.55. The molecule has 0 saturated carbocycles. The maximum Gasteiger partial charge on any atom is 0.277 e. The van der Waals surface area contributed by atoms with Gasteiger partial charge in [0.15, 0.2) is 0 Å². The van der Waals surface area contributed by atoms with Crippen LogP contribution in [0.2, 0.25) is 0 Å². The molecule has 7 heteroatoms. The van der Waals surface area contributed by atoms with Crippen molar-refractivity contribution in [3.63, 3.8) is 0 Å². The highest BCUT2D eigenvalue weighted by atomic mass is 32.2. The van der Waals surface area contributed by atoms with Gasteiger partial charge in [0, 0.05) is 11.5 Å². The summed E-state index contributed by atoms with van der Waals surface area (Å²) in [5, 5.41) is 12.0. The van der Waals surface area contributed by atoms with Crippen molar-refractivity contribution >= 4 is 32.2 Å². The molecule has 24 heavy (non-hydrogen) atoms. The first-order valence-corrected chi connectivity index (χ1v) is 8.62. The molecule has 0 bridgehead atoms. The van der Waals surface area contributed by atoms with Crippen molar-refractivity contribution in [3.8, 4) is 0 Å². The SMILES string of the molecule is Cc1ccc(S(=O)(=O)Nc2ccc([N+](=O)[O-])c3ccccc23)cc1. The fraction of sp³-hybridized carbons (Fsp3) is 0.0588. The second-order valence-electron chi connectivity index (χ2n) is 5.35. The van der Waals surface area contributed by atoms with Crippen molar-refractivity contribution in [2.24, 2.45) is 0 Å². The number of anilines is 1. The van der Waals surface area contributed by atoms with Gasteiger partial charge in [0.1, 0.15) is 0 Å². The van der Waals surface area contributed by atoms with E-state index >= 15 is 0 Å². The molecule has 0 saturated heterocycles. The first-order valence-electron chi connectivity index (χ1n) is 7.14. The lowest BCUT2D eigenvalue weighted by Crippen LogP contribution is -2.13. The Morgan fingerprint density at radius 1 is 0.917 bits per heavy atom. The van der Waals surface area contributed by atoms with Crippen molar-refractivity contribution in [1.29, 1.82) is 0 Å². The molecule has 0 fully saturated rings. The number of hydrogen-bond donors (Lipinski definition) is 1. The van der Waals surface area contributed by atoms with Crippen LogP contribution in [0, 0.1) is 17.0 Å². The van der Waals surface area contributed by atoms with Crippen molar-refractivity contribution in [2.75, 3.05) is 4.72 Å². The molecule has 0 heterocycles. The van der Waals surface area contributed by atoms with Gasteiger partial charge in [0.05, 0.1) is 20.9 Å². The highest BCUT2D eigenvalue weighted by Crippen LogP contribution is 2.32. The van der Waals surface area contributed by atoms with Gasteiger partial charge in [0.2, 0.25) is 0 Å². The summed E-state index contributed by atoms with van der Waals surface area (Å²) in [6.07, 6.45) is 0. The number of rotatable bonds is 4. The third kappa shape index (κ3) is 2.93. The second kappa shape index (κ2) is 5.93. The van der Waals surface area contributed by atoms with Crippen LogP contribution >= 0.6 is 0 Å². The van der Waals surface area contributed by atoms with Gasteiger partial charge in [0.25, 0.3) is 15.7 Å². The third-order valence-corrected chi connectivity index (χ3v) is 5.05. The summed E-state index contributed by atoms with van der Waals surface area (Å²) in [6, 6.07) is 15.8. The molecule has 122 valence electrons. The minimum Gasteiger partial charge on any atom is -0.279 e. The Hall–Kier alpha value is -2.93. The van der Waals surface area contributed by atoms with E-state index in [9.17, 15) is 18.5 Å². The van der Waals surface area contributed by atoms with E-state index in [1.54, 1.807) is 36.4 Å². The highest BCUT2D eigenvalue weighted by molar-refractivity contribution is 7.92. The molecule has 0 aliphatic heterocycles. The Bertz CT molecular complexity index is 1030. The van der Waals surface area contributed by atoms with E-state index in [2.05, 4.69) is 4.72 Å². The van der Waals surface area contributed by atoms with Gasteiger partial charge < -0.3 is 0 Å². The fourth-order valence-electron chi connectivity index (χ4n) is 2.45. The number of nitrogens with one attached hydrogen (secondary N) is 1. The van der Waals surface area contributed by atoms with E-state index < -0.39 is 14.9 Å². The summed E-state index contributed by atoms with van der Waals surface area (Å²) in [7, 11) is -3.77. The van der Waals surface area contributed by atoms with E-state index in [0.717, 1.165) is 5.56 Å². The number of nitro benzene ring substituents is 1. The molecule has 0 aromatic heterocycles. The molecule has 0 spiro atoms. The van der Waals surface area contributed by atoms with Crippen molar-refractivity contribution in [3.05, 3.63) is 76.3 Å². The highest BCUT2D eigenvalue weighted by Gasteiger charge is 2.18. The quantitative estimate of drug-likeness (QED) is 0.576. The summed E-state index contributed by atoms with van der Waals surface area (Å²) in [5.41, 5.74) is 1.19. The number of non-ortho nitro benzene ring substituents is 1. The average molecular weight is 342 g/mol. The van der Waals surface area contributed by atoms with Crippen LogP contribution in [-0.2, 0) is 10.0 Å². The number of nitro groups is 1. The zero-order chi connectivity index (χ0) is 17.3. The molecule has 1 N–H and O–H groups in total. The van der Waals surface area contributed by atoms with Crippen molar-refractivity contribution in [1.82, 2.24) is 0 Å². The van der Waals surface area contributed by atoms with Crippen LogP contribution in [0.4, 0.5) is 11.4 Å². The predicted molar refractivity (Wildman–Crippen MR) is 92.6 cm³/mol. The van der Waals surface area contributed by atoms with Crippen molar-refractivity contribution < 1.29 is 13.3 Å². The first kappa shape index (κ1) is 15.9. The number of aryl methyl sites for hydroxylation is 1. The molecule has 3 aromatic carbocycles. The predicted octanol–water partition coefficient (Wildman–Crippen LogP) is 3.86. The van der Waals surface area contributed by atoms with E-state index in [0.29, 0.717) is 16.5 Å². The fourth-order valence-corrected chi connectivity index (χ4v) is 3.53. The normalized spacial score (nSPS) is 11.4. The molecule has 0 amide bonds. The maximum absolute atomic E-state index is 12.5. The van der Waals surface area contributed by atoms with Crippen LogP contribution in [0.15, 0.2) is 65.6 Å². The smallest absolute Gasteiger partial charge is 0.277 e. The molecule has 3 rings (SSSR count). The van der Waals surface area contributed by atoms with Crippen molar-refractivity contribution in [2.45, 2.75) is 11.8 Å². The Labute approximate surface area is 138 Å². The summed E-state index contributed by atoms with van der Waals surface area (Å²) in [4.78, 5) is 10.8. The molecule has 0 atom stereocenters. The number of nitrogens with zero attached hydrogens (tertiary/aromatic N) is 1. The molecule has 6 nitrogen and oxygen atoms in total. The number of sulfonamides is 1. The lowest BCUT2D eigenvalue weighted by atomic mass is 10.1. The monoisotopic (exact) mass is 342 g/mol. The van der Waals surface area contributed by atoms with E-state index in [1.165, 1.54) is 24.3 Å². The number of fused-ring (bicyclic) bond motifs is 1. The molecule has 0 unspecified atom stereocenters. The summed E-state index contributed by atoms with van der Waals surface area (Å²) < 4.78 is 27.6. The van der Waals surface area contributed by atoms with Gasteiger partial charge in [-0.3, -0.25) is 14.8 Å². The minimum absolute atomic E-state index is 0.0658. The molecular formula is C17H14N2O4S. The second-order valence-corrected chi connectivity index (χ2v) is 7.04. The van der Waals surface area contributed by atoms with Gasteiger partial charge in [-0.1, -0.05) is 35.9 Å². The van der Waals surface area contributed by atoms with Crippen LogP contribution < -0.4 is 4.72 Å². The molecular weight excluding hydrogens is 328 g/mol. The minimum atomic E-state index is -3.77. The zero-order valence-electron chi connectivity index (χ0n) is 12.8. The molecule has 0 aliphatic carbocycles. The lowest BCUT2D eigenvalue weighted by Gasteiger charge is -2.11. The van der Waals surface area contributed by atoms with Gasteiger partial charge in [-0.15, -0.1) is 0 Å². The maximum atomic E-state index is 12.5. The number of benzene rings is 3. The standard InChI is InChI=1S/C17H14N2O4S/c1-12-6-8-13(9-7-12)24(22,23)18-16-10-11-17(19(20)21)15-5-3-2-4-14(15)16/h2-11,18H,1H3. The first-order chi connectivity index (χ1) is 11.4. The molecule has 0 aliphatic rings. The zero-order valence-corrected chi connectivity index (χ0v) is 13.6. The molecule has 0 radical (unpaired) electrons. The Morgan fingerprint density at radius 2 is 1.54 bits per heavy atom. The largest absolute Gasteiger partial charge is 0.279 e. The van der Waals surface area contributed by atoms with Crippen LogP contribution in [0.3, 0.4) is 0 Å². The Morgan fingerprint density at radius 3 is 2.17 bits per heavy atom. The van der Waals surface area contributed by atoms with E-state index in [1.807, 2.05) is 6.92 Å². The van der Waals surface area contributed by atoms with Gasteiger partial charge in [-0.2, -0.15) is 0 Å². The van der Waals surface area contributed by atoms with Crippen LogP contribution in [-0.4, -0.2) is 13.3 Å². The molecule has 3 aromatic rings. The van der Waals surface area contributed by atoms with Gasteiger partial charge >= 0.3 is 0 Å². The Kier molecular flexibility index (Phi) is 3.94. The van der Waals surface area contributed by atoms with Gasteiger partial charge in [-0.25, -0.2) is 8.42 Å². The van der Waals surface area contributed by atoms with Crippen LogP contribution in [0.1, 0.15) is 5.56 Å². The van der Waals surface area contributed by atoms with Gasteiger partial charge in [-0.05, 0) is 31.2 Å². The summed E-state index contributed by atoms with van der Waals surface area (Å²) >= 11 is 0. The third-order valence-electron chi connectivity index (χ3n) is 3.67. The summed E-state index contributed by atoms with van der Waals surface area (Å²) in [6.45, 7) is 1.87. The Balaban J connectivity index is 2.09.